The zero-order chi connectivity index (χ0) is 28.3. The Bertz CT molecular complexity index is 1340. The molecule has 1 aliphatic rings. The molecule has 0 bridgehead atoms. The van der Waals surface area contributed by atoms with Crippen LogP contribution in [0.2, 0.25) is 0 Å². The van der Waals surface area contributed by atoms with Gasteiger partial charge in [-0.1, -0.05) is 19.9 Å². The highest BCUT2D eigenvalue weighted by Crippen LogP contribution is 2.31. The highest BCUT2D eigenvalue weighted by atomic mass is 19.1. The standard InChI is InChI=1S/C30H40FN5O3/c1-18(2)27(32)30(38)39-13-12-35-8-10-36(11-9-35)29(37)23-15-25-20(4)21(5)34-28(25)26(16-23)33-17-22-6-7-24(31)14-19(22)3/h6-7,14-16,18,27,33-34H,8-13,17,32H2,1-5H3/t27-/m0/s1. The predicted molar refractivity (Wildman–Crippen MR) is 152 cm³/mol. The number of piperazine rings is 1. The predicted octanol–water partition coefficient (Wildman–Crippen LogP) is 4.13. The Morgan fingerprint density at radius 1 is 1.10 bits per heavy atom. The average molecular weight is 538 g/mol. The second-order valence-electron chi connectivity index (χ2n) is 10.8. The summed E-state index contributed by atoms with van der Waals surface area (Å²) in [5, 5.41) is 4.48. The molecule has 2 aromatic carbocycles. The molecule has 1 fully saturated rings. The number of hydrogen-bond donors (Lipinski definition) is 3. The summed E-state index contributed by atoms with van der Waals surface area (Å²) >= 11 is 0. The Hall–Kier alpha value is -3.43. The second-order valence-corrected chi connectivity index (χ2v) is 10.8. The van der Waals surface area contributed by atoms with Crippen molar-refractivity contribution in [2.75, 3.05) is 44.6 Å². The first kappa shape index (κ1) is 28.6. The van der Waals surface area contributed by atoms with Crippen molar-refractivity contribution in [3.8, 4) is 0 Å². The SMILES string of the molecule is Cc1cc(F)ccc1CNc1cc(C(=O)N2CCN(CCOC(=O)[C@@H](N)C(C)C)CC2)cc2c(C)c(C)[nH]c12. The fourth-order valence-corrected chi connectivity index (χ4v) is 4.87. The molecule has 8 nitrogen and oxygen atoms in total. The average Bonchev–Trinajstić information content (AvgIpc) is 3.20. The normalized spacial score (nSPS) is 15.1. The molecule has 1 aliphatic heterocycles. The van der Waals surface area contributed by atoms with Gasteiger partial charge in [-0.05, 0) is 67.6 Å². The van der Waals surface area contributed by atoms with Gasteiger partial charge in [0.25, 0.3) is 5.91 Å². The number of benzene rings is 2. The molecule has 1 atom stereocenters. The quantitative estimate of drug-likeness (QED) is 0.355. The van der Waals surface area contributed by atoms with Gasteiger partial charge in [-0.3, -0.25) is 14.5 Å². The van der Waals surface area contributed by atoms with Crippen LogP contribution in [0.5, 0.6) is 0 Å². The summed E-state index contributed by atoms with van der Waals surface area (Å²) in [6, 6.07) is 8.04. The lowest BCUT2D eigenvalue weighted by Gasteiger charge is -2.34. The van der Waals surface area contributed by atoms with Crippen molar-refractivity contribution in [3.63, 3.8) is 0 Å². The van der Waals surface area contributed by atoms with Crippen LogP contribution in [-0.4, -0.2) is 72.0 Å². The summed E-state index contributed by atoms with van der Waals surface area (Å²) in [6.07, 6.45) is 0. The lowest BCUT2D eigenvalue weighted by atomic mass is 10.0. The van der Waals surface area contributed by atoms with Crippen LogP contribution in [0.4, 0.5) is 10.1 Å². The van der Waals surface area contributed by atoms with E-state index in [1.54, 1.807) is 6.07 Å². The van der Waals surface area contributed by atoms with E-state index in [1.807, 2.05) is 44.7 Å². The van der Waals surface area contributed by atoms with Crippen LogP contribution < -0.4 is 11.1 Å². The van der Waals surface area contributed by atoms with Crippen LogP contribution in [-0.2, 0) is 16.1 Å². The molecule has 0 spiro atoms. The molecule has 0 saturated carbocycles. The lowest BCUT2D eigenvalue weighted by molar-refractivity contribution is -0.146. The topological polar surface area (TPSA) is 104 Å². The first-order chi connectivity index (χ1) is 18.5. The van der Waals surface area contributed by atoms with Crippen LogP contribution in [0, 0.1) is 32.5 Å². The third-order valence-electron chi connectivity index (χ3n) is 7.74. The van der Waals surface area contributed by atoms with E-state index in [0.29, 0.717) is 51.4 Å². The molecule has 0 radical (unpaired) electrons. The minimum Gasteiger partial charge on any atom is -0.463 e. The Morgan fingerprint density at radius 3 is 2.49 bits per heavy atom. The number of carbonyl (C=O) groups is 2. The van der Waals surface area contributed by atoms with Gasteiger partial charge in [0.15, 0.2) is 0 Å². The number of aryl methyl sites for hydroxylation is 3. The van der Waals surface area contributed by atoms with E-state index in [2.05, 4.69) is 22.1 Å². The summed E-state index contributed by atoms with van der Waals surface area (Å²) in [6.45, 7) is 13.8. The maximum absolute atomic E-state index is 13.6. The van der Waals surface area contributed by atoms with E-state index in [-0.39, 0.29) is 23.6 Å². The van der Waals surface area contributed by atoms with Crippen LogP contribution in [0.15, 0.2) is 30.3 Å². The molecule has 4 N–H and O–H groups in total. The van der Waals surface area contributed by atoms with E-state index in [9.17, 15) is 14.0 Å². The number of carbonyl (C=O) groups excluding carboxylic acids is 2. The number of nitrogens with one attached hydrogen (secondary N) is 2. The lowest BCUT2D eigenvalue weighted by Crippen LogP contribution is -2.49. The number of nitrogens with two attached hydrogens (primary N) is 1. The van der Waals surface area contributed by atoms with Crippen molar-refractivity contribution < 1.29 is 18.7 Å². The summed E-state index contributed by atoms with van der Waals surface area (Å²) < 4.78 is 18.9. The monoisotopic (exact) mass is 537 g/mol. The number of esters is 1. The van der Waals surface area contributed by atoms with E-state index in [0.717, 1.165) is 39.0 Å². The highest BCUT2D eigenvalue weighted by molar-refractivity contribution is 6.03. The smallest absolute Gasteiger partial charge is 0.323 e. The van der Waals surface area contributed by atoms with Crippen molar-refractivity contribution >= 4 is 28.5 Å². The van der Waals surface area contributed by atoms with Crippen LogP contribution >= 0.6 is 0 Å². The first-order valence-electron chi connectivity index (χ1n) is 13.6. The van der Waals surface area contributed by atoms with Gasteiger partial charge >= 0.3 is 5.97 Å². The van der Waals surface area contributed by atoms with Crippen molar-refractivity contribution in [2.45, 2.75) is 47.2 Å². The zero-order valence-corrected chi connectivity index (χ0v) is 23.6. The van der Waals surface area contributed by atoms with Gasteiger partial charge in [0.2, 0.25) is 0 Å². The maximum atomic E-state index is 13.6. The number of rotatable bonds is 9. The number of fused-ring (bicyclic) bond motifs is 1. The molecule has 3 aromatic rings. The summed E-state index contributed by atoms with van der Waals surface area (Å²) in [5.74, 6) is -0.597. The zero-order valence-electron chi connectivity index (χ0n) is 23.6. The van der Waals surface area contributed by atoms with E-state index in [1.165, 1.54) is 12.1 Å². The van der Waals surface area contributed by atoms with Gasteiger partial charge in [-0.2, -0.15) is 0 Å². The fourth-order valence-electron chi connectivity index (χ4n) is 4.87. The summed E-state index contributed by atoms with van der Waals surface area (Å²) in [4.78, 5) is 33.1. The van der Waals surface area contributed by atoms with Gasteiger partial charge < -0.3 is 25.7 Å². The maximum Gasteiger partial charge on any atom is 0.323 e. The van der Waals surface area contributed by atoms with E-state index >= 15 is 0 Å². The Kier molecular flexibility index (Phi) is 8.92. The minimum absolute atomic E-state index is 0.00912. The van der Waals surface area contributed by atoms with Gasteiger partial charge in [-0.25, -0.2) is 4.39 Å². The van der Waals surface area contributed by atoms with Gasteiger partial charge in [0, 0.05) is 55.9 Å². The van der Waals surface area contributed by atoms with Gasteiger partial charge in [0.05, 0.1) is 11.2 Å². The number of H-pyrrole nitrogens is 1. The number of anilines is 1. The van der Waals surface area contributed by atoms with Crippen molar-refractivity contribution in [2.24, 2.45) is 11.7 Å². The molecular weight excluding hydrogens is 497 g/mol. The van der Waals surface area contributed by atoms with Crippen LogP contribution in [0.3, 0.4) is 0 Å². The molecule has 210 valence electrons. The molecule has 0 unspecified atom stereocenters. The van der Waals surface area contributed by atoms with Crippen molar-refractivity contribution in [1.82, 2.24) is 14.8 Å². The summed E-state index contributed by atoms with van der Waals surface area (Å²) in [5.41, 5.74) is 12.3. The van der Waals surface area contributed by atoms with Crippen LogP contribution in [0.25, 0.3) is 10.9 Å². The second kappa shape index (κ2) is 12.2. The number of amides is 1. The largest absolute Gasteiger partial charge is 0.463 e. The van der Waals surface area contributed by atoms with Crippen LogP contribution in [0.1, 0.15) is 46.6 Å². The number of aromatic nitrogens is 1. The number of nitrogens with zero attached hydrogens (tertiary/aromatic N) is 2. The van der Waals surface area contributed by atoms with Gasteiger partial charge in [0.1, 0.15) is 18.5 Å². The Labute approximate surface area is 229 Å². The molecule has 1 saturated heterocycles. The number of aromatic amines is 1. The number of ether oxygens (including phenoxy) is 1. The number of halogens is 1. The molecule has 1 amide bonds. The molecule has 0 aliphatic carbocycles. The molecule has 4 rings (SSSR count). The third-order valence-corrected chi connectivity index (χ3v) is 7.74. The minimum atomic E-state index is -0.608. The Balaban J connectivity index is 1.42. The van der Waals surface area contributed by atoms with E-state index in [4.69, 9.17) is 10.5 Å². The summed E-state index contributed by atoms with van der Waals surface area (Å²) in [7, 11) is 0. The molecule has 39 heavy (non-hydrogen) atoms. The first-order valence-corrected chi connectivity index (χ1v) is 13.6. The van der Waals surface area contributed by atoms with Gasteiger partial charge in [-0.15, -0.1) is 0 Å². The van der Waals surface area contributed by atoms with Crippen molar-refractivity contribution in [1.29, 1.82) is 0 Å². The molecular formula is C30H40FN5O3. The Morgan fingerprint density at radius 2 is 1.82 bits per heavy atom. The van der Waals surface area contributed by atoms with E-state index < -0.39 is 6.04 Å². The number of hydrogen-bond acceptors (Lipinski definition) is 6. The molecule has 1 aromatic heterocycles. The molecule has 2 heterocycles. The molecule has 9 heteroatoms. The third kappa shape index (κ3) is 6.59. The highest BCUT2D eigenvalue weighted by Gasteiger charge is 2.24. The fraction of sp³-hybridized carbons (Fsp3) is 0.467. The van der Waals surface area contributed by atoms with Crippen molar-refractivity contribution in [3.05, 3.63) is 64.1 Å².